The number of hydrogen-bond donors (Lipinski definition) is 2. The third kappa shape index (κ3) is 7.86. The zero-order chi connectivity index (χ0) is 28.9. The number of rotatable bonds is 12. The number of benzene rings is 1. The Bertz CT molecular complexity index is 1150. The molecule has 40 heavy (non-hydrogen) atoms. The molecule has 2 amide bonds. The van der Waals surface area contributed by atoms with E-state index in [4.69, 9.17) is 0 Å². The van der Waals surface area contributed by atoms with E-state index in [-0.39, 0.29) is 35.7 Å². The van der Waals surface area contributed by atoms with Crippen LogP contribution in [-0.4, -0.2) is 58.7 Å². The van der Waals surface area contributed by atoms with Crippen LogP contribution in [-0.2, 0) is 11.0 Å². The Morgan fingerprint density at radius 3 is 2.42 bits per heavy atom. The minimum Gasteiger partial charge on any atom is -0.353 e. The Morgan fingerprint density at radius 2 is 1.80 bits per heavy atom. The van der Waals surface area contributed by atoms with Gasteiger partial charge in [0.15, 0.2) is 5.69 Å². The molecule has 4 rings (SSSR count). The van der Waals surface area contributed by atoms with Gasteiger partial charge in [0, 0.05) is 30.6 Å². The summed E-state index contributed by atoms with van der Waals surface area (Å²) in [6.45, 7) is 5.86. The van der Waals surface area contributed by atoms with Crippen molar-refractivity contribution in [2.45, 2.75) is 95.9 Å². The maximum Gasteiger partial charge on any atom is 0.417 e. The van der Waals surface area contributed by atoms with E-state index in [1.165, 1.54) is 18.2 Å². The Kier molecular flexibility index (Phi) is 9.92. The van der Waals surface area contributed by atoms with Crippen LogP contribution in [0.25, 0.3) is 11.3 Å². The van der Waals surface area contributed by atoms with Crippen LogP contribution in [0.15, 0.2) is 30.3 Å². The SMILES string of the molecule is CC(C)CN(C)CC[C@@H](CC(=O)NC1CCC1)NC(=O)c1cc(-c2ccccc2C(F)(F)F)n(C2CCCC2)n1. The van der Waals surface area contributed by atoms with E-state index in [0.29, 0.717) is 24.6 Å². The smallest absolute Gasteiger partial charge is 0.353 e. The molecule has 0 spiro atoms. The van der Waals surface area contributed by atoms with E-state index in [1.807, 2.05) is 7.05 Å². The molecule has 2 aliphatic carbocycles. The molecule has 1 atom stereocenters. The van der Waals surface area contributed by atoms with Gasteiger partial charge in [-0.15, -0.1) is 0 Å². The summed E-state index contributed by atoms with van der Waals surface area (Å²) in [5, 5.41) is 10.6. The second kappa shape index (κ2) is 13.2. The average Bonchev–Trinajstić information content (AvgIpc) is 3.54. The first-order chi connectivity index (χ1) is 19.0. The molecule has 1 aromatic carbocycles. The first-order valence-corrected chi connectivity index (χ1v) is 14.6. The van der Waals surface area contributed by atoms with Crippen LogP contribution in [0.4, 0.5) is 13.2 Å². The number of carbonyl (C=O) groups excluding carboxylic acids is 2. The van der Waals surface area contributed by atoms with Crippen LogP contribution in [0.1, 0.15) is 93.7 Å². The number of nitrogens with zero attached hydrogens (tertiary/aromatic N) is 3. The highest BCUT2D eigenvalue weighted by molar-refractivity contribution is 5.94. The van der Waals surface area contributed by atoms with E-state index in [9.17, 15) is 22.8 Å². The summed E-state index contributed by atoms with van der Waals surface area (Å²) in [4.78, 5) is 28.4. The van der Waals surface area contributed by atoms with Crippen molar-refractivity contribution in [1.82, 2.24) is 25.3 Å². The van der Waals surface area contributed by atoms with Crippen molar-refractivity contribution in [3.63, 3.8) is 0 Å². The Hall–Kier alpha value is -2.88. The number of halogens is 3. The number of carbonyl (C=O) groups is 2. The number of amides is 2. The van der Waals surface area contributed by atoms with Gasteiger partial charge in [-0.25, -0.2) is 0 Å². The van der Waals surface area contributed by atoms with Crippen LogP contribution < -0.4 is 10.6 Å². The quantitative estimate of drug-likeness (QED) is 0.342. The van der Waals surface area contributed by atoms with Gasteiger partial charge in [-0.05, 0) is 70.2 Å². The third-order valence-corrected chi connectivity index (χ3v) is 7.92. The second-order valence-corrected chi connectivity index (χ2v) is 11.9. The van der Waals surface area contributed by atoms with Crippen LogP contribution in [0.3, 0.4) is 0 Å². The topological polar surface area (TPSA) is 79.3 Å². The van der Waals surface area contributed by atoms with E-state index >= 15 is 0 Å². The van der Waals surface area contributed by atoms with Gasteiger partial charge in [0.1, 0.15) is 0 Å². The summed E-state index contributed by atoms with van der Waals surface area (Å²) < 4.78 is 43.3. The van der Waals surface area contributed by atoms with Crippen molar-refractivity contribution >= 4 is 11.8 Å². The molecule has 2 aliphatic rings. The minimum absolute atomic E-state index is 0.0141. The summed E-state index contributed by atoms with van der Waals surface area (Å²) in [5.41, 5.74) is -0.375. The third-order valence-electron chi connectivity index (χ3n) is 7.92. The Morgan fingerprint density at radius 1 is 1.10 bits per heavy atom. The van der Waals surface area contributed by atoms with Gasteiger partial charge in [-0.2, -0.15) is 18.3 Å². The van der Waals surface area contributed by atoms with Crippen molar-refractivity contribution < 1.29 is 22.8 Å². The fraction of sp³-hybridized carbons (Fsp3) is 0.633. The van der Waals surface area contributed by atoms with Crippen molar-refractivity contribution in [1.29, 1.82) is 0 Å². The lowest BCUT2D eigenvalue weighted by molar-refractivity contribution is -0.137. The molecule has 0 radical (unpaired) electrons. The highest BCUT2D eigenvalue weighted by Gasteiger charge is 2.35. The zero-order valence-electron chi connectivity index (χ0n) is 23.8. The van der Waals surface area contributed by atoms with E-state index in [2.05, 4.69) is 34.5 Å². The molecule has 220 valence electrons. The fourth-order valence-corrected chi connectivity index (χ4v) is 5.73. The molecule has 2 aromatic rings. The highest BCUT2D eigenvalue weighted by Crippen LogP contribution is 2.40. The average molecular weight is 562 g/mol. The van der Waals surface area contributed by atoms with Gasteiger partial charge in [0.25, 0.3) is 5.91 Å². The molecule has 0 saturated heterocycles. The highest BCUT2D eigenvalue weighted by atomic mass is 19.4. The molecular formula is C30H42F3N5O2. The second-order valence-electron chi connectivity index (χ2n) is 11.9. The number of nitrogens with one attached hydrogen (secondary N) is 2. The number of aromatic nitrogens is 2. The van der Waals surface area contributed by atoms with Crippen molar-refractivity contribution in [2.75, 3.05) is 20.1 Å². The predicted octanol–water partition coefficient (Wildman–Crippen LogP) is 5.82. The summed E-state index contributed by atoms with van der Waals surface area (Å²) in [7, 11) is 2.01. The fourth-order valence-electron chi connectivity index (χ4n) is 5.73. The summed E-state index contributed by atoms with van der Waals surface area (Å²) in [5.74, 6) is -0.0919. The maximum absolute atomic E-state index is 13.9. The molecule has 0 unspecified atom stereocenters. The largest absolute Gasteiger partial charge is 0.417 e. The summed E-state index contributed by atoms with van der Waals surface area (Å²) in [6, 6.07) is 6.61. The van der Waals surface area contributed by atoms with Crippen LogP contribution in [0.5, 0.6) is 0 Å². The maximum atomic E-state index is 13.9. The summed E-state index contributed by atoms with van der Waals surface area (Å²) in [6.07, 6.45) is 2.76. The number of hydrogen-bond acceptors (Lipinski definition) is 4. The van der Waals surface area contributed by atoms with Crippen LogP contribution in [0.2, 0.25) is 0 Å². The lowest BCUT2D eigenvalue weighted by Gasteiger charge is -2.28. The van der Waals surface area contributed by atoms with E-state index in [1.54, 1.807) is 10.7 Å². The lowest BCUT2D eigenvalue weighted by Crippen LogP contribution is -2.45. The molecular weight excluding hydrogens is 519 g/mol. The van der Waals surface area contributed by atoms with Crippen molar-refractivity contribution in [3.8, 4) is 11.3 Å². The Labute approximate surface area is 234 Å². The lowest BCUT2D eigenvalue weighted by atomic mass is 9.93. The van der Waals surface area contributed by atoms with Gasteiger partial charge in [0.05, 0.1) is 17.3 Å². The first-order valence-electron chi connectivity index (χ1n) is 14.6. The molecule has 7 nitrogen and oxygen atoms in total. The first kappa shape index (κ1) is 30.1. The zero-order valence-corrected chi connectivity index (χ0v) is 23.8. The van der Waals surface area contributed by atoms with Crippen LogP contribution >= 0.6 is 0 Å². The molecule has 1 aromatic heterocycles. The van der Waals surface area contributed by atoms with E-state index < -0.39 is 23.7 Å². The van der Waals surface area contributed by atoms with Crippen molar-refractivity contribution in [2.24, 2.45) is 5.92 Å². The van der Waals surface area contributed by atoms with Gasteiger partial charge in [0.2, 0.25) is 5.91 Å². The molecule has 2 N–H and O–H groups in total. The molecule has 2 saturated carbocycles. The normalized spacial score (nSPS) is 17.3. The standard InChI is InChI=1S/C30H42F3N5O2/c1-20(2)19-37(3)16-15-22(17-28(39)34-21-9-8-10-21)35-29(40)26-18-27(38(36-26)23-11-4-5-12-23)24-13-6-7-14-25(24)30(31,32)33/h6-7,13-14,18,20-23H,4-5,8-12,15-17,19H2,1-3H3,(H,34,39)(H,35,40)/t22-/m0/s1. The van der Waals surface area contributed by atoms with Gasteiger partial charge < -0.3 is 15.5 Å². The molecule has 10 heteroatoms. The molecule has 0 bridgehead atoms. The molecule has 1 heterocycles. The summed E-state index contributed by atoms with van der Waals surface area (Å²) >= 11 is 0. The van der Waals surface area contributed by atoms with Gasteiger partial charge >= 0.3 is 6.18 Å². The van der Waals surface area contributed by atoms with Crippen molar-refractivity contribution in [3.05, 3.63) is 41.6 Å². The predicted molar refractivity (Wildman–Crippen MR) is 149 cm³/mol. The minimum atomic E-state index is -4.54. The van der Waals surface area contributed by atoms with Gasteiger partial charge in [-0.1, -0.05) is 44.9 Å². The number of alkyl halides is 3. The molecule has 2 fully saturated rings. The van der Waals surface area contributed by atoms with E-state index in [0.717, 1.165) is 57.6 Å². The molecule has 0 aliphatic heterocycles. The van der Waals surface area contributed by atoms with Gasteiger partial charge in [-0.3, -0.25) is 14.3 Å². The van der Waals surface area contributed by atoms with Crippen LogP contribution in [0, 0.1) is 5.92 Å². The monoisotopic (exact) mass is 561 g/mol. The Balaban J connectivity index is 1.57.